The van der Waals surface area contributed by atoms with Crippen LogP contribution >= 0.6 is 12.4 Å². The van der Waals surface area contributed by atoms with Gasteiger partial charge in [0.15, 0.2) is 5.78 Å². The van der Waals surface area contributed by atoms with Crippen LogP contribution in [-0.2, 0) is 4.79 Å². The second-order valence-corrected chi connectivity index (χ2v) is 9.83. The van der Waals surface area contributed by atoms with Crippen molar-refractivity contribution < 1.29 is 15.3 Å². The summed E-state index contributed by atoms with van der Waals surface area (Å²) in [5, 5.41) is 6.00. The van der Waals surface area contributed by atoms with Crippen molar-refractivity contribution in [3.63, 3.8) is 0 Å². The fourth-order valence-electron chi connectivity index (χ4n) is 4.82. The number of ketones is 1. The predicted molar refractivity (Wildman–Crippen MR) is 186 cm³/mol. The molecule has 2 aromatic carbocycles. The predicted octanol–water partition coefficient (Wildman–Crippen LogP) is 6.44. The molecule has 1 amide bonds. The topological polar surface area (TPSA) is 269 Å². The van der Waals surface area contributed by atoms with Gasteiger partial charge in [0.2, 0.25) is 23.8 Å². The lowest BCUT2D eigenvalue weighted by Crippen LogP contribution is -2.34. The normalized spacial score (nSPS) is 13.9. The Labute approximate surface area is 265 Å². The summed E-state index contributed by atoms with van der Waals surface area (Å²) in [7, 11) is 0. The molecule has 16 N–H and O–H groups in total. The van der Waals surface area contributed by atoms with Crippen LogP contribution in [0.5, 0.6) is 0 Å². The molecular formula is C28H55ClN12O2. The number of carbonyl (C=O) groups is 2. The van der Waals surface area contributed by atoms with Gasteiger partial charge in [0.05, 0.1) is 6.42 Å². The van der Waals surface area contributed by atoms with Crippen LogP contribution in [0, 0.1) is 0 Å². The quantitative estimate of drug-likeness (QED) is 0.0805. The molecule has 0 saturated carbocycles. The number of nitrogens with one attached hydrogen (secondary N) is 2. The summed E-state index contributed by atoms with van der Waals surface area (Å²) < 4.78 is 0. The zero-order valence-electron chi connectivity index (χ0n) is 24.8. The molecule has 2 fully saturated rings. The number of piperidine rings is 2. The standard InChI is InChI=1S/C28H34N8O2.ClH.4H3N.4H2/c29-21-8-7-9-23(18-21)30-25(38)19-24(37)20-10-12-22(13-11-20)31-26-32-27(35-14-3-1-4-15-35)34-28(33-26)36-16-5-2-6-17-36;;;;;;;;;/h7-13,18H,1-6,14-17,19,29H2,(H,30,38)(H,31,32,33,34);1H;4*1H3;4*1H. The van der Waals surface area contributed by atoms with E-state index in [4.69, 9.17) is 20.7 Å². The van der Waals surface area contributed by atoms with Crippen molar-refractivity contribution in [2.75, 3.05) is 52.3 Å². The van der Waals surface area contributed by atoms with Crippen molar-refractivity contribution >= 4 is 59.0 Å². The average molecular weight is 627 g/mol. The Balaban J connectivity index is -0.000000653. The number of hydrogen-bond donors (Lipinski definition) is 7. The number of nitrogens with two attached hydrogens (primary N) is 1. The highest BCUT2D eigenvalue weighted by atomic mass is 35.5. The first-order valence-electron chi connectivity index (χ1n) is 13.4. The Hall–Kier alpha value is -4.08. The average Bonchev–Trinajstić information content (AvgIpc) is 2.94. The first-order valence-corrected chi connectivity index (χ1v) is 13.4. The molecule has 2 aliphatic heterocycles. The molecule has 14 nitrogen and oxygen atoms in total. The maximum atomic E-state index is 12.7. The van der Waals surface area contributed by atoms with E-state index in [1.807, 2.05) is 0 Å². The Kier molecular flexibility index (Phi) is 16.7. The number of hydrogen-bond acceptors (Lipinski definition) is 13. The fourth-order valence-corrected chi connectivity index (χ4v) is 4.82. The maximum Gasteiger partial charge on any atom is 0.233 e. The maximum absolute atomic E-state index is 12.7. The monoisotopic (exact) mass is 626 g/mol. The Morgan fingerprint density at radius 2 is 1.28 bits per heavy atom. The molecule has 5 rings (SSSR count). The van der Waals surface area contributed by atoms with Gasteiger partial charge in [-0.3, -0.25) is 9.59 Å². The van der Waals surface area contributed by atoms with Crippen LogP contribution in [0.1, 0.15) is 61.0 Å². The van der Waals surface area contributed by atoms with E-state index in [1.54, 1.807) is 48.5 Å². The number of nitrogens with zero attached hydrogens (tertiary/aromatic N) is 5. The number of carbonyl (C=O) groups excluding carboxylic acids is 2. The first kappa shape index (κ1) is 38.9. The summed E-state index contributed by atoms with van der Waals surface area (Å²) in [4.78, 5) is 43.7. The van der Waals surface area contributed by atoms with Gasteiger partial charge in [-0.05, 0) is 81.0 Å². The molecule has 3 aromatic rings. The van der Waals surface area contributed by atoms with E-state index in [1.165, 1.54) is 12.8 Å². The Morgan fingerprint density at radius 1 is 0.744 bits per heavy atom. The molecule has 0 spiro atoms. The van der Waals surface area contributed by atoms with Gasteiger partial charge in [-0.25, -0.2) is 0 Å². The first-order chi connectivity index (χ1) is 18.5. The lowest BCUT2D eigenvalue weighted by molar-refractivity contribution is -0.115. The minimum atomic E-state index is -0.386. The van der Waals surface area contributed by atoms with Gasteiger partial charge in [-0.1, -0.05) is 6.07 Å². The minimum absolute atomic E-state index is 0. The third-order valence-electron chi connectivity index (χ3n) is 6.84. The molecule has 43 heavy (non-hydrogen) atoms. The van der Waals surface area contributed by atoms with Gasteiger partial charge < -0.3 is 50.8 Å². The zero-order valence-corrected chi connectivity index (χ0v) is 25.6. The number of anilines is 6. The number of aromatic nitrogens is 3. The van der Waals surface area contributed by atoms with Crippen molar-refractivity contribution in [1.29, 1.82) is 0 Å². The van der Waals surface area contributed by atoms with E-state index in [9.17, 15) is 9.59 Å². The summed E-state index contributed by atoms with van der Waals surface area (Å²) in [5.41, 5.74) is 8.06. The molecule has 15 heteroatoms. The van der Waals surface area contributed by atoms with Gasteiger partial charge in [0.1, 0.15) is 0 Å². The molecule has 0 radical (unpaired) electrons. The van der Waals surface area contributed by atoms with Crippen molar-refractivity contribution in [1.82, 2.24) is 39.6 Å². The van der Waals surface area contributed by atoms with E-state index in [2.05, 4.69) is 20.4 Å². The van der Waals surface area contributed by atoms with Crippen LogP contribution in [0.25, 0.3) is 0 Å². The molecule has 246 valence electrons. The van der Waals surface area contributed by atoms with Gasteiger partial charge in [0, 0.05) is 54.5 Å². The van der Waals surface area contributed by atoms with E-state index >= 15 is 0 Å². The van der Waals surface area contributed by atoms with Crippen LogP contribution in [0.15, 0.2) is 48.5 Å². The zero-order chi connectivity index (χ0) is 26.3. The third kappa shape index (κ3) is 10.6. The van der Waals surface area contributed by atoms with Gasteiger partial charge in [-0.2, -0.15) is 15.0 Å². The Bertz CT molecular complexity index is 1270. The molecule has 0 unspecified atom stereocenters. The highest BCUT2D eigenvalue weighted by Gasteiger charge is 2.20. The summed E-state index contributed by atoms with van der Waals surface area (Å²) in [6.45, 7) is 3.80. The molecule has 2 saturated heterocycles. The molecule has 0 bridgehead atoms. The third-order valence-corrected chi connectivity index (χ3v) is 6.84. The largest absolute Gasteiger partial charge is 0.399 e. The van der Waals surface area contributed by atoms with E-state index in [-0.39, 0.29) is 60.8 Å². The Morgan fingerprint density at radius 3 is 1.79 bits per heavy atom. The van der Waals surface area contributed by atoms with Crippen molar-refractivity contribution in [2.45, 2.75) is 44.9 Å². The smallest absolute Gasteiger partial charge is 0.233 e. The highest BCUT2D eigenvalue weighted by molar-refractivity contribution is 6.11. The lowest BCUT2D eigenvalue weighted by atomic mass is 10.1. The van der Waals surface area contributed by atoms with E-state index in [0.29, 0.717) is 34.8 Å². The van der Waals surface area contributed by atoms with Crippen molar-refractivity contribution in [3.05, 3.63) is 54.1 Å². The molecule has 1 aromatic heterocycles. The van der Waals surface area contributed by atoms with Gasteiger partial charge in [0.25, 0.3) is 0 Å². The molecule has 2 aliphatic rings. The van der Waals surface area contributed by atoms with Crippen LogP contribution in [0.3, 0.4) is 0 Å². The summed E-state index contributed by atoms with van der Waals surface area (Å²) in [6.07, 6.45) is 6.77. The molecule has 3 heterocycles. The number of nitrogen functional groups attached to an aromatic ring is 1. The van der Waals surface area contributed by atoms with Gasteiger partial charge in [-0.15, -0.1) is 12.4 Å². The van der Waals surface area contributed by atoms with Crippen LogP contribution < -0.4 is 50.8 Å². The number of Topliss-reactive ketones (excluding diaryl/α,β-unsaturated/α-hetero) is 1. The SMILES string of the molecule is Cl.N.N.N.N.Nc1cccc(NC(=O)CC(=O)c2ccc(Nc3nc(N4CCCCC4)nc(N4CCCCC4)n3)cc2)c1.[HH].[HH].[HH].[HH]. The second kappa shape index (κ2) is 18.5. The van der Waals surface area contributed by atoms with Crippen LogP contribution in [-0.4, -0.2) is 52.8 Å². The summed E-state index contributed by atoms with van der Waals surface area (Å²) in [6, 6.07) is 13.9. The number of rotatable bonds is 8. The van der Waals surface area contributed by atoms with Crippen LogP contribution in [0.4, 0.5) is 34.9 Å². The van der Waals surface area contributed by atoms with Crippen molar-refractivity contribution in [2.24, 2.45) is 0 Å². The second-order valence-electron chi connectivity index (χ2n) is 9.83. The molecular weight excluding hydrogens is 572 g/mol. The van der Waals surface area contributed by atoms with E-state index in [0.717, 1.165) is 57.5 Å². The van der Waals surface area contributed by atoms with Crippen LogP contribution in [0.2, 0.25) is 0 Å². The molecule has 0 aliphatic carbocycles. The van der Waals surface area contributed by atoms with Crippen molar-refractivity contribution in [3.8, 4) is 0 Å². The number of halogens is 1. The fraction of sp³-hybridized carbons (Fsp3) is 0.393. The minimum Gasteiger partial charge on any atom is -0.399 e. The van der Waals surface area contributed by atoms with E-state index < -0.39 is 0 Å². The van der Waals surface area contributed by atoms with Gasteiger partial charge >= 0.3 is 0 Å². The highest BCUT2D eigenvalue weighted by Crippen LogP contribution is 2.24. The number of benzene rings is 2. The molecule has 0 atom stereocenters. The summed E-state index contributed by atoms with van der Waals surface area (Å²) in [5.74, 6) is 1.25. The lowest BCUT2D eigenvalue weighted by Gasteiger charge is -2.30. The number of amides is 1. The summed E-state index contributed by atoms with van der Waals surface area (Å²) >= 11 is 0.